The van der Waals surface area contributed by atoms with E-state index in [1.54, 1.807) is 0 Å². The summed E-state index contributed by atoms with van der Waals surface area (Å²) >= 11 is 0. The predicted molar refractivity (Wildman–Crippen MR) is 92.6 cm³/mol. The van der Waals surface area contributed by atoms with Gasteiger partial charge in [-0.3, -0.25) is 4.79 Å². The zero-order valence-corrected chi connectivity index (χ0v) is 13.1. The van der Waals surface area contributed by atoms with E-state index in [9.17, 15) is 4.79 Å². The molecule has 4 nitrogen and oxygen atoms in total. The summed E-state index contributed by atoms with van der Waals surface area (Å²) in [6.45, 7) is 3.81. The van der Waals surface area contributed by atoms with Gasteiger partial charge in [0, 0.05) is 18.7 Å². The minimum absolute atomic E-state index is 0.0834. The molecule has 4 heteroatoms. The number of amides is 1. The van der Waals surface area contributed by atoms with Crippen LogP contribution in [0.1, 0.15) is 23.7 Å². The summed E-state index contributed by atoms with van der Waals surface area (Å²) in [4.78, 5) is 12.0. The Bertz CT molecular complexity index is 553. The molecule has 22 heavy (non-hydrogen) atoms. The van der Waals surface area contributed by atoms with Gasteiger partial charge in [0.15, 0.2) is 0 Å². The van der Waals surface area contributed by atoms with E-state index in [4.69, 9.17) is 11.5 Å². The van der Waals surface area contributed by atoms with Crippen LogP contribution in [0.25, 0.3) is 11.1 Å². The summed E-state index contributed by atoms with van der Waals surface area (Å²) < 4.78 is 0. The van der Waals surface area contributed by atoms with Gasteiger partial charge >= 0.3 is 0 Å². The zero-order valence-electron chi connectivity index (χ0n) is 13.1. The molecule has 0 atom stereocenters. The number of benzene rings is 2. The molecule has 0 bridgehead atoms. The van der Waals surface area contributed by atoms with Crippen LogP contribution >= 0.6 is 0 Å². The third-order valence-electron chi connectivity index (χ3n) is 2.98. The molecule has 0 radical (unpaired) electrons. The van der Waals surface area contributed by atoms with Gasteiger partial charge in [0.05, 0.1) is 0 Å². The Hall–Kier alpha value is -2.17. The Morgan fingerprint density at radius 2 is 1.55 bits per heavy atom. The highest BCUT2D eigenvalue weighted by Gasteiger charge is 2.10. The molecule has 2 aromatic carbocycles. The van der Waals surface area contributed by atoms with Crippen molar-refractivity contribution in [3.8, 4) is 11.1 Å². The maximum absolute atomic E-state index is 12.0. The zero-order chi connectivity index (χ0) is 16.2. The van der Waals surface area contributed by atoms with Crippen LogP contribution < -0.4 is 16.8 Å². The lowest BCUT2D eigenvalue weighted by Crippen LogP contribution is -2.29. The smallest absolute Gasteiger partial charge is 0.251 e. The highest BCUT2D eigenvalue weighted by Crippen LogP contribution is 2.23. The van der Waals surface area contributed by atoms with E-state index in [1.165, 1.54) is 0 Å². The van der Waals surface area contributed by atoms with Gasteiger partial charge < -0.3 is 16.8 Å². The van der Waals surface area contributed by atoms with Crippen molar-refractivity contribution in [3.63, 3.8) is 0 Å². The number of hydrogen-bond donors (Lipinski definition) is 3. The first-order chi connectivity index (χ1) is 10.7. The maximum Gasteiger partial charge on any atom is 0.251 e. The van der Waals surface area contributed by atoms with Crippen LogP contribution in [0.15, 0.2) is 54.6 Å². The molecule has 0 aliphatic heterocycles. The highest BCUT2D eigenvalue weighted by atomic mass is 16.1. The van der Waals surface area contributed by atoms with E-state index in [0.29, 0.717) is 18.7 Å². The molecule has 0 unspecified atom stereocenters. The van der Waals surface area contributed by atoms with Crippen molar-refractivity contribution in [2.75, 3.05) is 19.6 Å². The van der Waals surface area contributed by atoms with Gasteiger partial charge in [0.25, 0.3) is 5.91 Å². The van der Waals surface area contributed by atoms with Gasteiger partial charge in [-0.2, -0.15) is 0 Å². The summed E-state index contributed by atoms with van der Waals surface area (Å²) in [7, 11) is 0. The molecule has 0 aromatic heterocycles. The second-order valence-electron chi connectivity index (χ2n) is 4.74. The minimum Gasteiger partial charge on any atom is -0.351 e. The van der Waals surface area contributed by atoms with Crippen LogP contribution in [-0.4, -0.2) is 25.5 Å². The van der Waals surface area contributed by atoms with Crippen molar-refractivity contribution in [1.82, 2.24) is 5.32 Å². The normalized spacial score (nSPS) is 9.59. The summed E-state index contributed by atoms with van der Waals surface area (Å²) in [5.74, 6) is -0.0834. The van der Waals surface area contributed by atoms with E-state index in [0.717, 1.165) is 24.1 Å². The number of carbonyl (C=O) groups is 1. The summed E-state index contributed by atoms with van der Waals surface area (Å²) in [5.41, 5.74) is 13.1. The molecular formula is C18H25N3O. The quantitative estimate of drug-likeness (QED) is 0.793. The Labute approximate surface area is 132 Å². The average Bonchev–Trinajstić information content (AvgIpc) is 2.60. The third kappa shape index (κ3) is 5.68. The van der Waals surface area contributed by atoms with E-state index in [-0.39, 0.29) is 5.91 Å². The average molecular weight is 299 g/mol. The summed E-state index contributed by atoms with van der Waals surface area (Å²) in [6, 6.07) is 17.4. The van der Waals surface area contributed by atoms with Crippen molar-refractivity contribution < 1.29 is 4.79 Å². The number of nitrogens with one attached hydrogen (secondary N) is 1. The minimum atomic E-state index is -0.0834. The van der Waals surface area contributed by atoms with Crippen LogP contribution in [-0.2, 0) is 0 Å². The second kappa shape index (κ2) is 10.5. The van der Waals surface area contributed by atoms with E-state index in [2.05, 4.69) is 12.2 Å². The van der Waals surface area contributed by atoms with Gasteiger partial charge in [-0.25, -0.2) is 0 Å². The number of carbonyl (C=O) groups excluding carboxylic acids is 1. The molecule has 0 fully saturated rings. The van der Waals surface area contributed by atoms with E-state index in [1.807, 2.05) is 54.6 Å². The fraction of sp³-hybridized carbons (Fsp3) is 0.278. The van der Waals surface area contributed by atoms with Gasteiger partial charge in [-0.15, -0.1) is 0 Å². The summed E-state index contributed by atoms with van der Waals surface area (Å²) in [5, 5.41) is 2.79. The lowest BCUT2D eigenvalue weighted by molar-refractivity contribution is 0.0955. The molecule has 2 aromatic rings. The highest BCUT2D eigenvalue weighted by molar-refractivity contribution is 6.00. The van der Waals surface area contributed by atoms with Crippen molar-refractivity contribution in [3.05, 3.63) is 60.2 Å². The van der Waals surface area contributed by atoms with Crippen molar-refractivity contribution >= 4 is 5.91 Å². The van der Waals surface area contributed by atoms with Crippen molar-refractivity contribution in [2.45, 2.75) is 13.3 Å². The Morgan fingerprint density at radius 1 is 0.955 bits per heavy atom. The van der Waals surface area contributed by atoms with Crippen LogP contribution in [0.2, 0.25) is 0 Å². The van der Waals surface area contributed by atoms with Crippen LogP contribution in [0.5, 0.6) is 0 Å². The van der Waals surface area contributed by atoms with Gasteiger partial charge in [-0.05, 0) is 30.2 Å². The topological polar surface area (TPSA) is 81.1 Å². The molecule has 0 saturated heterocycles. The monoisotopic (exact) mass is 299 g/mol. The second-order valence-corrected chi connectivity index (χ2v) is 4.74. The van der Waals surface area contributed by atoms with Crippen LogP contribution in [0, 0.1) is 0 Å². The molecular weight excluding hydrogens is 274 g/mol. The Balaban J connectivity index is 0.000000541. The lowest BCUT2D eigenvalue weighted by Gasteiger charge is -2.09. The Morgan fingerprint density at radius 3 is 2.14 bits per heavy atom. The molecule has 0 aliphatic carbocycles. The van der Waals surface area contributed by atoms with Gasteiger partial charge in [-0.1, -0.05) is 55.5 Å². The third-order valence-corrected chi connectivity index (χ3v) is 2.98. The van der Waals surface area contributed by atoms with Crippen molar-refractivity contribution in [2.24, 2.45) is 11.5 Å². The first-order valence-corrected chi connectivity index (χ1v) is 7.57. The molecule has 1 amide bonds. The van der Waals surface area contributed by atoms with Crippen molar-refractivity contribution in [1.29, 1.82) is 0 Å². The van der Waals surface area contributed by atoms with Gasteiger partial charge in [0.2, 0.25) is 0 Å². The van der Waals surface area contributed by atoms with E-state index < -0.39 is 0 Å². The fourth-order valence-electron chi connectivity index (χ4n) is 1.83. The number of hydrogen-bond acceptors (Lipinski definition) is 3. The molecule has 2 rings (SSSR count). The largest absolute Gasteiger partial charge is 0.351 e. The standard InChI is InChI=1S/C15H16N2O.C3H9N/c16-10-11-17-15(18)14-9-5-4-8-13(14)12-6-2-1-3-7-12;1-2-3-4/h1-9H,10-11,16H2,(H,17,18);2-4H2,1H3. The molecule has 5 N–H and O–H groups in total. The lowest BCUT2D eigenvalue weighted by atomic mass is 9.99. The molecule has 0 heterocycles. The van der Waals surface area contributed by atoms with Crippen LogP contribution in [0.3, 0.4) is 0 Å². The first kappa shape index (κ1) is 17.9. The predicted octanol–water partition coefficient (Wildman–Crippen LogP) is 2.40. The molecule has 118 valence electrons. The summed E-state index contributed by atoms with van der Waals surface area (Å²) in [6.07, 6.45) is 1.10. The maximum atomic E-state index is 12.0. The molecule has 0 spiro atoms. The van der Waals surface area contributed by atoms with Crippen LogP contribution in [0.4, 0.5) is 0 Å². The first-order valence-electron chi connectivity index (χ1n) is 7.57. The Kier molecular flexibility index (Phi) is 8.57. The SMILES string of the molecule is CCCN.NCCNC(=O)c1ccccc1-c1ccccc1. The van der Waals surface area contributed by atoms with E-state index >= 15 is 0 Å². The number of rotatable bonds is 5. The number of nitrogens with two attached hydrogens (primary N) is 2. The molecule has 0 saturated carbocycles. The van der Waals surface area contributed by atoms with Gasteiger partial charge in [0.1, 0.15) is 0 Å². The fourth-order valence-corrected chi connectivity index (χ4v) is 1.83. The molecule has 0 aliphatic rings.